The highest BCUT2D eigenvalue weighted by Gasteiger charge is 2.29. The van der Waals surface area contributed by atoms with Gasteiger partial charge in [-0.05, 0) is 37.1 Å². The second-order valence-electron chi connectivity index (χ2n) is 8.82. The lowest BCUT2D eigenvalue weighted by atomic mass is 10.1. The third kappa shape index (κ3) is 5.35. The molecule has 4 aromatic rings. The summed E-state index contributed by atoms with van der Waals surface area (Å²) < 4.78 is 7.32. The average molecular weight is 469 g/mol. The Labute approximate surface area is 204 Å². The standard InChI is InChI=1S/C28H28N4O3/c33-26(20-31(18-24-16-9-17-35-24)27(34)22-12-7-8-13-22)30-28-29-25(21-10-3-1-4-11-21)19-32(28)23-14-5-2-6-15-23/h1-6,9-11,14-17,19,22H,7-8,12-13,18,20H2,(H,29,30,33). The van der Waals surface area contributed by atoms with Crippen molar-refractivity contribution in [1.82, 2.24) is 14.5 Å². The minimum Gasteiger partial charge on any atom is -0.467 e. The van der Waals surface area contributed by atoms with E-state index in [4.69, 9.17) is 9.40 Å². The van der Waals surface area contributed by atoms with Crippen molar-refractivity contribution in [3.63, 3.8) is 0 Å². The highest BCUT2D eigenvalue weighted by atomic mass is 16.3. The Morgan fingerprint density at radius 3 is 2.37 bits per heavy atom. The van der Waals surface area contributed by atoms with Crippen molar-refractivity contribution in [3.05, 3.63) is 91.0 Å². The summed E-state index contributed by atoms with van der Waals surface area (Å²) in [5.41, 5.74) is 2.58. The fourth-order valence-corrected chi connectivity index (χ4v) is 4.57. The van der Waals surface area contributed by atoms with Crippen LogP contribution in [0, 0.1) is 5.92 Å². The molecule has 7 nitrogen and oxygen atoms in total. The molecule has 35 heavy (non-hydrogen) atoms. The summed E-state index contributed by atoms with van der Waals surface area (Å²) in [7, 11) is 0. The lowest BCUT2D eigenvalue weighted by Gasteiger charge is -2.24. The van der Waals surface area contributed by atoms with E-state index in [1.807, 2.05) is 77.5 Å². The van der Waals surface area contributed by atoms with Crippen molar-refractivity contribution in [2.75, 3.05) is 11.9 Å². The number of rotatable bonds is 8. The molecule has 178 valence electrons. The van der Waals surface area contributed by atoms with Gasteiger partial charge in [0.25, 0.3) is 0 Å². The first-order chi connectivity index (χ1) is 17.2. The highest BCUT2D eigenvalue weighted by Crippen LogP contribution is 2.28. The molecule has 0 spiro atoms. The molecule has 0 radical (unpaired) electrons. The minimum atomic E-state index is -0.301. The maximum absolute atomic E-state index is 13.2. The smallest absolute Gasteiger partial charge is 0.246 e. The molecule has 0 atom stereocenters. The van der Waals surface area contributed by atoms with E-state index in [1.54, 1.807) is 17.2 Å². The number of hydrogen-bond donors (Lipinski definition) is 1. The summed E-state index contributed by atoms with van der Waals surface area (Å²) in [6.45, 7) is 0.191. The van der Waals surface area contributed by atoms with Crippen LogP contribution in [0.1, 0.15) is 31.4 Å². The molecule has 0 saturated heterocycles. The van der Waals surface area contributed by atoms with Crippen LogP contribution in [0.2, 0.25) is 0 Å². The minimum absolute atomic E-state index is 0.00502. The second-order valence-corrected chi connectivity index (χ2v) is 8.82. The molecule has 1 saturated carbocycles. The fraction of sp³-hybridized carbons (Fsp3) is 0.250. The van der Waals surface area contributed by atoms with Crippen LogP contribution in [-0.4, -0.2) is 32.8 Å². The summed E-state index contributed by atoms with van der Waals surface area (Å²) in [5.74, 6) is 0.733. The first-order valence-electron chi connectivity index (χ1n) is 12.0. The van der Waals surface area contributed by atoms with E-state index in [2.05, 4.69) is 5.32 Å². The highest BCUT2D eigenvalue weighted by molar-refractivity contribution is 5.94. The van der Waals surface area contributed by atoms with Gasteiger partial charge in [0.2, 0.25) is 17.8 Å². The first-order valence-corrected chi connectivity index (χ1v) is 12.0. The molecule has 1 aliphatic carbocycles. The Morgan fingerprint density at radius 1 is 0.971 bits per heavy atom. The maximum atomic E-state index is 13.2. The van der Waals surface area contributed by atoms with Gasteiger partial charge in [-0.2, -0.15) is 0 Å². The van der Waals surface area contributed by atoms with Gasteiger partial charge in [-0.3, -0.25) is 19.5 Å². The van der Waals surface area contributed by atoms with E-state index < -0.39 is 0 Å². The van der Waals surface area contributed by atoms with Gasteiger partial charge >= 0.3 is 0 Å². The number of hydrogen-bond acceptors (Lipinski definition) is 4. The molecule has 2 aromatic carbocycles. The van der Waals surface area contributed by atoms with E-state index >= 15 is 0 Å². The Morgan fingerprint density at radius 2 is 1.69 bits per heavy atom. The molecular formula is C28H28N4O3. The van der Waals surface area contributed by atoms with Crippen molar-refractivity contribution >= 4 is 17.8 Å². The molecule has 0 bridgehead atoms. The number of anilines is 1. The number of carbonyl (C=O) groups excluding carboxylic acids is 2. The van der Waals surface area contributed by atoms with Crippen molar-refractivity contribution < 1.29 is 14.0 Å². The number of furan rings is 1. The monoisotopic (exact) mass is 468 g/mol. The van der Waals surface area contributed by atoms with Crippen LogP contribution < -0.4 is 5.32 Å². The summed E-state index contributed by atoms with van der Waals surface area (Å²) in [6.07, 6.45) is 7.32. The predicted molar refractivity (Wildman–Crippen MR) is 134 cm³/mol. The van der Waals surface area contributed by atoms with Crippen LogP contribution in [0.25, 0.3) is 16.9 Å². The largest absolute Gasteiger partial charge is 0.467 e. The molecule has 1 N–H and O–H groups in total. The summed E-state index contributed by atoms with van der Waals surface area (Å²) in [5, 5.41) is 2.94. The van der Waals surface area contributed by atoms with E-state index in [0.29, 0.717) is 11.7 Å². The van der Waals surface area contributed by atoms with Gasteiger partial charge in [-0.25, -0.2) is 4.98 Å². The molecule has 2 amide bonds. The van der Waals surface area contributed by atoms with Crippen LogP contribution in [0.4, 0.5) is 5.95 Å². The van der Waals surface area contributed by atoms with Crippen LogP contribution >= 0.6 is 0 Å². The van der Waals surface area contributed by atoms with Gasteiger partial charge in [0.15, 0.2) is 0 Å². The summed E-state index contributed by atoms with van der Waals surface area (Å²) in [6, 6.07) is 23.2. The predicted octanol–water partition coefficient (Wildman–Crippen LogP) is 5.29. The maximum Gasteiger partial charge on any atom is 0.246 e. The van der Waals surface area contributed by atoms with Gasteiger partial charge in [0.05, 0.1) is 18.5 Å². The lowest BCUT2D eigenvalue weighted by molar-refractivity contribution is -0.139. The zero-order valence-corrected chi connectivity index (χ0v) is 19.5. The SMILES string of the molecule is O=C(CN(Cc1ccco1)C(=O)C1CCCC1)Nc1nc(-c2ccccc2)cn1-c1ccccc1. The molecule has 2 heterocycles. The molecule has 1 fully saturated rings. The van der Waals surface area contributed by atoms with Gasteiger partial charge < -0.3 is 9.32 Å². The Kier molecular flexibility index (Phi) is 6.75. The van der Waals surface area contributed by atoms with E-state index in [0.717, 1.165) is 42.6 Å². The van der Waals surface area contributed by atoms with Gasteiger partial charge in [0, 0.05) is 23.4 Å². The van der Waals surface area contributed by atoms with Crippen molar-refractivity contribution in [2.24, 2.45) is 5.92 Å². The van der Waals surface area contributed by atoms with Crippen molar-refractivity contribution in [3.8, 4) is 16.9 Å². The van der Waals surface area contributed by atoms with E-state index in [9.17, 15) is 9.59 Å². The zero-order valence-electron chi connectivity index (χ0n) is 19.5. The second kappa shape index (κ2) is 10.4. The van der Waals surface area contributed by atoms with Crippen molar-refractivity contribution in [1.29, 1.82) is 0 Å². The number of amides is 2. The van der Waals surface area contributed by atoms with Crippen LogP contribution in [0.15, 0.2) is 89.7 Å². The Balaban J connectivity index is 1.39. The Hall–Kier alpha value is -4.13. The molecule has 0 unspecified atom stereocenters. The first kappa shape index (κ1) is 22.7. The topological polar surface area (TPSA) is 80.4 Å². The third-order valence-corrected chi connectivity index (χ3v) is 6.34. The molecule has 0 aliphatic heterocycles. The fourth-order valence-electron chi connectivity index (χ4n) is 4.57. The molecule has 5 rings (SSSR count). The van der Waals surface area contributed by atoms with Gasteiger partial charge in [-0.15, -0.1) is 0 Å². The van der Waals surface area contributed by atoms with E-state index in [1.165, 1.54) is 0 Å². The lowest BCUT2D eigenvalue weighted by Crippen LogP contribution is -2.40. The number of aromatic nitrogens is 2. The number of carbonyl (C=O) groups is 2. The van der Waals surface area contributed by atoms with Gasteiger partial charge in [0.1, 0.15) is 12.3 Å². The van der Waals surface area contributed by atoms with E-state index in [-0.39, 0.29) is 30.8 Å². The number of imidazole rings is 1. The number of benzene rings is 2. The molecule has 2 aromatic heterocycles. The molecule has 7 heteroatoms. The number of para-hydroxylation sites is 1. The van der Waals surface area contributed by atoms with Crippen LogP contribution in [-0.2, 0) is 16.1 Å². The summed E-state index contributed by atoms with van der Waals surface area (Å²) >= 11 is 0. The van der Waals surface area contributed by atoms with Gasteiger partial charge in [-0.1, -0.05) is 61.4 Å². The quantitative estimate of drug-likeness (QED) is 0.381. The normalized spacial score (nSPS) is 13.6. The van der Waals surface area contributed by atoms with Crippen molar-refractivity contribution in [2.45, 2.75) is 32.2 Å². The zero-order chi connectivity index (χ0) is 24.0. The number of nitrogens with zero attached hydrogens (tertiary/aromatic N) is 3. The average Bonchev–Trinajstić information content (AvgIpc) is 3.67. The number of nitrogens with one attached hydrogen (secondary N) is 1. The Bertz CT molecular complexity index is 1260. The third-order valence-electron chi connectivity index (χ3n) is 6.34. The van der Waals surface area contributed by atoms with Crippen LogP contribution in [0.5, 0.6) is 0 Å². The van der Waals surface area contributed by atoms with Crippen LogP contribution in [0.3, 0.4) is 0 Å². The molecular weight excluding hydrogens is 440 g/mol. The summed E-state index contributed by atoms with van der Waals surface area (Å²) in [4.78, 5) is 32.7. The molecule has 1 aliphatic rings.